The third-order valence-electron chi connectivity index (χ3n) is 3.98. The van der Waals surface area contributed by atoms with Crippen LogP contribution in [-0.2, 0) is 10.0 Å². The summed E-state index contributed by atoms with van der Waals surface area (Å²) in [6.07, 6.45) is 3.09. The number of amides is 1. The molecule has 1 aromatic carbocycles. The molecule has 2 heterocycles. The van der Waals surface area contributed by atoms with Crippen LogP contribution < -0.4 is 10.2 Å². The second-order valence-corrected chi connectivity index (χ2v) is 9.37. The van der Waals surface area contributed by atoms with Gasteiger partial charge in [0.1, 0.15) is 17.0 Å². The van der Waals surface area contributed by atoms with E-state index in [1.807, 2.05) is 14.1 Å². The van der Waals surface area contributed by atoms with Crippen molar-refractivity contribution in [1.29, 1.82) is 0 Å². The largest absolute Gasteiger partial charge is 0.472 e. The van der Waals surface area contributed by atoms with Crippen molar-refractivity contribution < 1.29 is 17.6 Å². The van der Waals surface area contributed by atoms with E-state index in [0.29, 0.717) is 16.4 Å². The highest BCUT2D eigenvalue weighted by Gasteiger charge is 2.21. The zero-order valence-corrected chi connectivity index (χ0v) is 17.5. The highest BCUT2D eigenvalue weighted by molar-refractivity contribution is 7.89. The van der Waals surface area contributed by atoms with Crippen LogP contribution >= 0.6 is 11.3 Å². The van der Waals surface area contributed by atoms with Crippen molar-refractivity contribution in [2.45, 2.75) is 4.90 Å². The van der Waals surface area contributed by atoms with Crippen molar-refractivity contribution >= 4 is 38.6 Å². The van der Waals surface area contributed by atoms with Crippen molar-refractivity contribution in [2.75, 3.05) is 38.4 Å². The van der Waals surface area contributed by atoms with Crippen LogP contribution in [0.2, 0.25) is 0 Å². The average molecular weight is 421 g/mol. The number of nitrogens with zero attached hydrogens (tertiary/aromatic N) is 3. The van der Waals surface area contributed by atoms with Crippen LogP contribution in [-0.4, -0.2) is 51.8 Å². The first kappa shape index (κ1) is 20.1. The van der Waals surface area contributed by atoms with Crippen LogP contribution in [0.25, 0.3) is 10.6 Å². The molecule has 0 aliphatic rings. The Kier molecular flexibility index (Phi) is 5.54. The first-order valence-corrected chi connectivity index (χ1v) is 10.6. The summed E-state index contributed by atoms with van der Waals surface area (Å²) < 4.78 is 31.0. The van der Waals surface area contributed by atoms with Crippen LogP contribution in [0.15, 0.2) is 51.5 Å². The molecule has 0 bridgehead atoms. The lowest BCUT2D eigenvalue weighted by Gasteiger charge is -2.20. The summed E-state index contributed by atoms with van der Waals surface area (Å²) in [5, 5.41) is 5.08. The molecule has 28 heavy (non-hydrogen) atoms. The number of aromatic nitrogens is 1. The molecule has 0 saturated carbocycles. The summed E-state index contributed by atoms with van der Waals surface area (Å²) in [4.78, 5) is 18.9. The summed E-state index contributed by atoms with van der Waals surface area (Å²) in [5.41, 5.74) is 2.09. The Balaban J connectivity index is 1.93. The highest BCUT2D eigenvalue weighted by atomic mass is 32.2. The Morgan fingerprint density at radius 1 is 1.18 bits per heavy atom. The summed E-state index contributed by atoms with van der Waals surface area (Å²) in [6.45, 7) is 0. The number of hydrogen-bond donors (Lipinski definition) is 1. The molecular weight excluding hydrogens is 400 g/mol. The number of furan rings is 1. The van der Waals surface area contributed by atoms with Gasteiger partial charge in [-0.1, -0.05) is 0 Å². The zero-order valence-electron chi connectivity index (χ0n) is 15.8. The molecule has 0 atom stereocenters. The van der Waals surface area contributed by atoms with Gasteiger partial charge in [0.15, 0.2) is 0 Å². The highest BCUT2D eigenvalue weighted by Crippen LogP contribution is 2.30. The molecule has 3 rings (SSSR count). The molecule has 148 valence electrons. The van der Waals surface area contributed by atoms with E-state index in [0.717, 1.165) is 9.87 Å². The molecule has 0 aliphatic carbocycles. The van der Waals surface area contributed by atoms with Gasteiger partial charge in [-0.25, -0.2) is 17.7 Å². The molecule has 0 spiro atoms. The van der Waals surface area contributed by atoms with Crippen LogP contribution in [0.4, 0.5) is 11.4 Å². The maximum absolute atomic E-state index is 12.7. The van der Waals surface area contributed by atoms with E-state index in [2.05, 4.69) is 10.3 Å². The van der Waals surface area contributed by atoms with Crippen LogP contribution in [0, 0.1) is 0 Å². The standard InChI is InChI=1S/C18H20N4O4S2/c1-21(2)16-6-5-13(28(24,25)22(3)4)9-14(16)19-17(23)15-11-27-18(20-15)12-7-8-26-10-12/h5-11H,1-4H3,(H,19,23). The molecular formula is C18H20N4O4S2. The Morgan fingerprint density at radius 2 is 1.93 bits per heavy atom. The molecule has 0 fully saturated rings. The number of carbonyl (C=O) groups is 1. The molecule has 10 heteroatoms. The van der Waals surface area contributed by atoms with Crippen LogP contribution in [0.3, 0.4) is 0 Å². The van der Waals surface area contributed by atoms with E-state index < -0.39 is 15.9 Å². The maximum Gasteiger partial charge on any atom is 0.275 e. The van der Waals surface area contributed by atoms with E-state index >= 15 is 0 Å². The predicted molar refractivity (Wildman–Crippen MR) is 109 cm³/mol. The number of benzene rings is 1. The van der Waals surface area contributed by atoms with Gasteiger partial charge in [-0.05, 0) is 24.3 Å². The van der Waals surface area contributed by atoms with Crippen LogP contribution in [0.5, 0.6) is 0 Å². The molecule has 3 aromatic rings. The molecule has 1 amide bonds. The number of carbonyl (C=O) groups excluding carboxylic acids is 1. The smallest absolute Gasteiger partial charge is 0.275 e. The van der Waals surface area contributed by atoms with E-state index in [9.17, 15) is 13.2 Å². The number of rotatable bonds is 6. The fraction of sp³-hybridized carbons (Fsp3) is 0.222. The summed E-state index contributed by atoms with van der Waals surface area (Å²) >= 11 is 1.32. The monoisotopic (exact) mass is 420 g/mol. The molecule has 1 N–H and O–H groups in total. The van der Waals surface area contributed by atoms with Crippen molar-refractivity contribution in [3.63, 3.8) is 0 Å². The Bertz CT molecular complexity index is 1090. The number of sulfonamides is 1. The predicted octanol–water partition coefficient (Wildman–Crippen LogP) is 2.97. The Labute approximate surface area is 167 Å². The van der Waals surface area contributed by atoms with Gasteiger partial charge in [0, 0.05) is 39.1 Å². The number of hydrogen-bond acceptors (Lipinski definition) is 7. The number of nitrogens with one attached hydrogen (secondary N) is 1. The minimum absolute atomic E-state index is 0.0933. The summed E-state index contributed by atoms with van der Waals surface area (Å²) in [7, 11) is 2.91. The van der Waals surface area contributed by atoms with Crippen molar-refractivity contribution in [2.24, 2.45) is 0 Å². The second kappa shape index (κ2) is 7.74. The minimum atomic E-state index is -3.63. The zero-order chi connectivity index (χ0) is 20.5. The minimum Gasteiger partial charge on any atom is -0.472 e. The van der Waals surface area contributed by atoms with E-state index in [1.165, 1.54) is 43.8 Å². The number of anilines is 2. The van der Waals surface area contributed by atoms with Gasteiger partial charge in [0.25, 0.3) is 5.91 Å². The normalized spacial score (nSPS) is 11.6. The Morgan fingerprint density at radius 3 is 2.54 bits per heavy atom. The third kappa shape index (κ3) is 3.93. The van der Waals surface area contributed by atoms with Crippen molar-refractivity contribution in [3.8, 4) is 10.6 Å². The fourth-order valence-corrected chi connectivity index (χ4v) is 4.17. The average Bonchev–Trinajstić information content (AvgIpc) is 3.32. The Hall–Kier alpha value is -2.69. The molecule has 0 unspecified atom stereocenters. The SMILES string of the molecule is CN(C)c1ccc(S(=O)(=O)N(C)C)cc1NC(=O)c1csc(-c2ccoc2)n1. The van der Waals surface area contributed by atoms with Gasteiger partial charge in [0.05, 0.1) is 22.5 Å². The lowest BCUT2D eigenvalue weighted by atomic mass is 10.2. The molecule has 0 radical (unpaired) electrons. The van der Waals surface area contributed by atoms with Gasteiger partial charge in [-0.2, -0.15) is 0 Å². The van der Waals surface area contributed by atoms with E-state index in [-0.39, 0.29) is 10.6 Å². The number of thiazole rings is 1. The van der Waals surface area contributed by atoms with E-state index in [4.69, 9.17) is 4.42 Å². The van der Waals surface area contributed by atoms with E-state index in [1.54, 1.807) is 28.7 Å². The molecule has 8 nitrogen and oxygen atoms in total. The van der Waals surface area contributed by atoms with Gasteiger partial charge in [0.2, 0.25) is 10.0 Å². The van der Waals surface area contributed by atoms with Crippen LogP contribution in [0.1, 0.15) is 10.5 Å². The van der Waals surface area contributed by atoms with Crippen molar-refractivity contribution in [1.82, 2.24) is 9.29 Å². The summed E-state index contributed by atoms with van der Waals surface area (Å²) in [6, 6.07) is 6.39. The lowest BCUT2D eigenvalue weighted by molar-refractivity contribution is 0.102. The molecule has 2 aromatic heterocycles. The lowest BCUT2D eigenvalue weighted by Crippen LogP contribution is -2.23. The fourth-order valence-electron chi connectivity index (χ4n) is 2.46. The third-order valence-corrected chi connectivity index (χ3v) is 6.68. The van der Waals surface area contributed by atoms with Gasteiger partial charge >= 0.3 is 0 Å². The first-order chi connectivity index (χ1) is 13.2. The first-order valence-electron chi connectivity index (χ1n) is 8.23. The van der Waals surface area contributed by atoms with Gasteiger partial charge < -0.3 is 14.6 Å². The summed E-state index contributed by atoms with van der Waals surface area (Å²) in [5.74, 6) is -0.423. The molecule has 0 aliphatic heterocycles. The maximum atomic E-state index is 12.7. The van der Waals surface area contributed by atoms with Gasteiger partial charge in [-0.15, -0.1) is 11.3 Å². The second-order valence-electron chi connectivity index (χ2n) is 6.36. The quantitative estimate of drug-likeness (QED) is 0.659. The molecule has 0 saturated heterocycles. The van der Waals surface area contributed by atoms with Crippen molar-refractivity contribution in [3.05, 3.63) is 47.9 Å². The topological polar surface area (TPSA) is 95.8 Å². The van der Waals surface area contributed by atoms with Gasteiger partial charge in [-0.3, -0.25) is 4.79 Å².